The van der Waals surface area contributed by atoms with E-state index in [2.05, 4.69) is 27.7 Å². The Morgan fingerprint density at radius 1 is 1.38 bits per heavy atom. The maximum absolute atomic E-state index is 3.90. The molecule has 0 spiro atoms. The summed E-state index contributed by atoms with van der Waals surface area (Å²) in [6.07, 6.45) is 3.65. The highest BCUT2D eigenvalue weighted by atomic mass is 14.1. The first-order chi connectivity index (χ1) is 3.56. The Labute approximate surface area is 53.3 Å². The summed E-state index contributed by atoms with van der Waals surface area (Å²) in [5, 5.41) is 0. The molecule has 0 amide bonds. The molecule has 0 rings (SSSR count). The predicted octanol–water partition coefficient (Wildman–Crippen LogP) is 2.85. The van der Waals surface area contributed by atoms with Gasteiger partial charge in [0.25, 0.3) is 0 Å². The van der Waals surface area contributed by atoms with Crippen LogP contribution in [0.25, 0.3) is 0 Å². The minimum absolute atomic E-state index is 0.0516. The van der Waals surface area contributed by atoms with Gasteiger partial charge in [-0.1, -0.05) is 13.3 Å². The Morgan fingerprint density at radius 2 is 1.88 bits per heavy atom. The molecule has 46 valence electrons. The van der Waals surface area contributed by atoms with Gasteiger partial charge >= 0.3 is 0 Å². The molecular weight excluding hydrogens is 96.1 g/mol. The lowest BCUT2D eigenvalue weighted by Gasteiger charge is -2.01. The van der Waals surface area contributed by atoms with Gasteiger partial charge in [-0.15, -0.1) is 0 Å². The van der Waals surface area contributed by atoms with E-state index in [1.54, 1.807) is 0 Å². The van der Waals surface area contributed by atoms with Gasteiger partial charge in [0, 0.05) is 13.3 Å². The summed E-state index contributed by atoms with van der Waals surface area (Å²) >= 11 is 0. The zero-order valence-electron chi connectivity index (χ0n) is 6.04. The second kappa shape index (κ2) is 2.91. The van der Waals surface area contributed by atoms with Crippen LogP contribution in [0.5, 0.6) is 0 Å². The molecule has 0 unspecified atom stereocenters. The predicted molar refractivity (Wildman–Crippen MR) is 38.3 cm³/mol. The quantitative estimate of drug-likeness (QED) is 0.492. The molecule has 0 heterocycles. The van der Waals surface area contributed by atoms with Crippen LogP contribution in [0.2, 0.25) is 0 Å². The van der Waals surface area contributed by atoms with Crippen LogP contribution in [0, 0.1) is 19.3 Å². The van der Waals surface area contributed by atoms with Crippen molar-refractivity contribution in [2.24, 2.45) is 5.41 Å². The van der Waals surface area contributed by atoms with Crippen LogP contribution in [-0.2, 0) is 0 Å². The van der Waals surface area contributed by atoms with E-state index < -0.39 is 0 Å². The third-order valence-electron chi connectivity index (χ3n) is 1.13. The summed E-state index contributed by atoms with van der Waals surface area (Å²) in [5.41, 5.74) is 0.0516. The van der Waals surface area contributed by atoms with E-state index in [9.17, 15) is 0 Å². The van der Waals surface area contributed by atoms with Crippen LogP contribution >= 0.6 is 0 Å². The van der Waals surface area contributed by atoms with Gasteiger partial charge < -0.3 is 0 Å². The van der Waals surface area contributed by atoms with E-state index >= 15 is 0 Å². The molecule has 0 saturated heterocycles. The first kappa shape index (κ1) is 7.74. The topological polar surface area (TPSA) is 0 Å². The van der Waals surface area contributed by atoms with Crippen molar-refractivity contribution in [3.05, 3.63) is 13.8 Å². The van der Waals surface area contributed by atoms with E-state index in [-0.39, 0.29) is 5.41 Å². The van der Waals surface area contributed by atoms with E-state index in [0.29, 0.717) is 0 Å². The molecule has 0 nitrogen and oxygen atoms in total. The first-order valence-corrected chi connectivity index (χ1v) is 3.27. The maximum atomic E-state index is 3.90. The molecule has 0 saturated carbocycles. The third kappa shape index (κ3) is 5.74. The summed E-state index contributed by atoms with van der Waals surface area (Å²) in [6, 6.07) is 0. The largest absolute Gasteiger partial charge is 0.227 e. The van der Waals surface area contributed by atoms with Crippen molar-refractivity contribution in [2.75, 3.05) is 0 Å². The molecule has 0 N–H and O–H groups in total. The fourth-order valence-corrected chi connectivity index (χ4v) is 0.604. The van der Waals surface area contributed by atoms with E-state index in [4.69, 9.17) is 0 Å². The summed E-state index contributed by atoms with van der Waals surface area (Å²) in [7, 11) is 0. The van der Waals surface area contributed by atoms with E-state index in [1.165, 1.54) is 12.8 Å². The van der Waals surface area contributed by atoms with Crippen LogP contribution in [0.1, 0.15) is 33.1 Å². The zero-order chi connectivity index (χ0) is 6.62. The summed E-state index contributed by atoms with van der Waals surface area (Å²) in [6.45, 7) is 12.1. The Morgan fingerprint density at radius 3 is 2.00 bits per heavy atom. The van der Waals surface area contributed by atoms with Gasteiger partial charge in [0.1, 0.15) is 13.8 Å². The minimum Gasteiger partial charge on any atom is -0.0654 e. The number of unbranched alkanes of at least 4 members (excludes halogenated alkanes) is 1. The van der Waals surface area contributed by atoms with Crippen molar-refractivity contribution in [1.82, 2.24) is 0 Å². The Bertz CT molecular complexity index is 47.5. The minimum atomic E-state index is 0.0516. The molecular formula is C8H16+2. The van der Waals surface area contributed by atoms with Crippen molar-refractivity contribution in [3.63, 3.8) is 0 Å². The SMILES string of the molecule is [CH2+]C([CH2+])(C)CCCC. The summed E-state index contributed by atoms with van der Waals surface area (Å²) in [5.74, 6) is 0. The van der Waals surface area contributed by atoms with Gasteiger partial charge in [-0.3, -0.25) is 0 Å². The van der Waals surface area contributed by atoms with Crippen molar-refractivity contribution in [3.8, 4) is 0 Å². The highest BCUT2D eigenvalue weighted by Gasteiger charge is 2.24. The zero-order valence-corrected chi connectivity index (χ0v) is 6.04. The van der Waals surface area contributed by atoms with Crippen LogP contribution in [0.3, 0.4) is 0 Å². The van der Waals surface area contributed by atoms with Gasteiger partial charge in [0.2, 0.25) is 5.41 Å². The Balaban J connectivity index is 3.11. The molecule has 0 aromatic carbocycles. The molecule has 0 atom stereocenters. The van der Waals surface area contributed by atoms with Crippen molar-refractivity contribution in [2.45, 2.75) is 33.1 Å². The monoisotopic (exact) mass is 112 g/mol. The second-order valence-corrected chi connectivity index (χ2v) is 2.91. The van der Waals surface area contributed by atoms with Crippen molar-refractivity contribution in [1.29, 1.82) is 0 Å². The average molecular weight is 112 g/mol. The van der Waals surface area contributed by atoms with Gasteiger partial charge in [0.05, 0.1) is 0 Å². The second-order valence-electron chi connectivity index (χ2n) is 2.91. The van der Waals surface area contributed by atoms with Gasteiger partial charge in [0.15, 0.2) is 0 Å². The highest BCUT2D eigenvalue weighted by molar-refractivity contribution is 4.78. The average Bonchev–Trinajstić information content (AvgIpc) is 1.59. The smallest absolute Gasteiger partial charge is 0.0654 e. The fraction of sp³-hybridized carbons (Fsp3) is 0.750. The molecule has 0 radical (unpaired) electrons. The standard InChI is InChI=1S/C8H16/c1-5-6-7-8(2,3)4/h2-3,5-7H2,1,4H3/q+2. The lowest BCUT2D eigenvalue weighted by atomic mass is 9.90. The lowest BCUT2D eigenvalue weighted by Crippen LogP contribution is -2.04. The van der Waals surface area contributed by atoms with Gasteiger partial charge in [-0.25, -0.2) is 0 Å². The molecule has 0 aliphatic rings. The van der Waals surface area contributed by atoms with Gasteiger partial charge in [-0.05, 0) is 6.42 Å². The third-order valence-corrected chi connectivity index (χ3v) is 1.13. The van der Waals surface area contributed by atoms with Gasteiger partial charge in [-0.2, -0.15) is 0 Å². The maximum Gasteiger partial charge on any atom is 0.227 e. The van der Waals surface area contributed by atoms with E-state index in [1.807, 2.05) is 0 Å². The van der Waals surface area contributed by atoms with Crippen LogP contribution in [0.4, 0.5) is 0 Å². The normalized spacial score (nSPS) is 11.8. The molecule has 8 heavy (non-hydrogen) atoms. The van der Waals surface area contributed by atoms with E-state index in [0.717, 1.165) is 6.42 Å². The van der Waals surface area contributed by atoms with Crippen LogP contribution < -0.4 is 0 Å². The molecule has 0 aromatic rings. The van der Waals surface area contributed by atoms with Crippen LogP contribution in [0.15, 0.2) is 0 Å². The first-order valence-electron chi connectivity index (χ1n) is 3.27. The van der Waals surface area contributed by atoms with Crippen molar-refractivity contribution < 1.29 is 0 Å². The van der Waals surface area contributed by atoms with Crippen LogP contribution in [-0.4, -0.2) is 0 Å². The number of rotatable bonds is 3. The lowest BCUT2D eigenvalue weighted by molar-refractivity contribution is 0.466. The molecule has 0 aliphatic carbocycles. The molecule has 0 heteroatoms. The molecule has 0 fully saturated rings. The Hall–Kier alpha value is -0.260. The molecule has 0 aromatic heterocycles. The molecule has 0 bridgehead atoms. The van der Waals surface area contributed by atoms with Crippen molar-refractivity contribution >= 4 is 0 Å². The summed E-state index contributed by atoms with van der Waals surface area (Å²) in [4.78, 5) is 0. The Kier molecular flexibility index (Phi) is 2.81. The molecule has 0 aliphatic heterocycles. The number of hydrogen-bond acceptors (Lipinski definition) is 0. The fourth-order valence-electron chi connectivity index (χ4n) is 0.604. The summed E-state index contributed by atoms with van der Waals surface area (Å²) < 4.78 is 0. The number of hydrogen-bond donors (Lipinski definition) is 0. The highest BCUT2D eigenvalue weighted by Crippen LogP contribution is 2.19.